The quantitative estimate of drug-likeness (QED) is 0.676. The second kappa shape index (κ2) is 8.92. The number of rotatable bonds is 6. The molecule has 2 aromatic rings. The Morgan fingerprint density at radius 1 is 1.09 bits per heavy atom. The highest BCUT2D eigenvalue weighted by Crippen LogP contribution is 2.50. The van der Waals surface area contributed by atoms with Crippen LogP contribution in [0.4, 0.5) is 5.69 Å². The summed E-state index contributed by atoms with van der Waals surface area (Å²) in [5, 5.41) is 4.49. The van der Waals surface area contributed by atoms with Gasteiger partial charge in [-0.2, -0.15) is 13.5 Å². The van der Waals surface area contributed by atoms with Gasteiger partial charge in [0, 0.05) is 6.54 Å². The lowest BCUT2D eigenvalue weighted by atomic mass is 9.92. The highest BCUT2D eigenvalue weighted by molar-refractivity contribution is 7.95. The number of amides is 1. The van der Waals surface area contributed by atoms with Gasteiger partial charge in [0.1, 0.15) is 0 Å². The van der Waals surface area contributed by atoms with E-state index in [4.69, 9.17) is 0 Å². The van der Waals surface area contributed by atoms with Crippen LogP contribution in [-0.2, 0) is 20.2 Å². The average molecular weight is 472 g/mol. The van der Waals surface area contributed by atoms with Gasteiger partial charge in [-0.25, -0.2) is 8.42 Å². The number of hydrogen-bond donors (Lipinski definition) is 2. The van der Waals surface area contributed by atoms with E-state index >= 15 is 0 Å². The molecule has 0 spiro atoms. The van der Waals surface area contributed by atoms with E-state index in [1.807, 2.05) is 36.4 Å². The summed E-state index contributed by atoms with van der Waals surface area (Å²) in [6.45, 7) is 2.95. The SMILES string of the molecule is O=C(N[C@H](CN1CCCC1)c1ccccc1)C1(c2ccc3c(c2)NS(=O)(=O)C=C3)CC1.S. The molecule has 6 nitrogen and oxygen atoms in total. The third-order valence-corrected chi connectivity index (χ3v) is 7.62. The van der Waals surface area contributed by atoms with E-state index in [1.54, 1.807) is 6.08 Å². The lowest BCUT2D eigenvalue weighted by Crippen LogP contribution is -2.42. The molecule has 3 aliphatic rings. The number of carbonyl (C=O) groups excluding carboxylic acids is 1. The minimum atomic E-state index is -3.46. The van der Waals surface area contributed by atoms with Crippen molar-refractivity contribution in [1.29, 1.82) is 0 Å². The van der Waals surface area contributed by atoms with Crippen LogP contribution in [0.1, 0.15) is 48.4 Å². The predicted molar refractivity (Wildman–Crippen MR) is 132 cm³/mol. The van der Waals surface area contributed by atoms with Crippen LogP contribution in [0.3, 0.4) is 0 Å². The fourth-order valence-corrected chi connectivity index (χ4v) is 5.53. The van der Waals surface area contributed by atoms with Gasteiger partial charge in [-0.1, -0.05) is 42.5 Å². The summed E-state index contributed by atoms with van der Waals surface area (Å²) < 4.78 is 26.4. The smallest absolute Gasteiger partial charge is 0.255 e. The number of hydrogen-bond acceptors (Lipinski definition) is 4. The Kier molecular flexibility index (Phi) is 6.38. The Morgan fingerprint density at radius 2 is 1.81 bits per heavy atom. The zero-order valence-corrected chi connectivity index (χ0v) is 19.7. The van der Waals surface area contributed by atoms with Gasteiger partial charge in [0.05, 0.1) is 22.6 Å². The van der Waals surface area contributed by atoms with Crippen LogP contribution < -0.4 is 10.0 Å². The number of nitrogens with one attached hydrogen (secondary N) is 2. The van der Waals surface area contributed by atoms with E-state index < -0.39 is 15.4 Å². The molecule has 170 valence electrons. The molecule has 0 aromatic heterocycles. The van der Waals surface area contributed by atoms with Gasteiger partial charge in [-0.3, -0.25) is 9.52 Å². The second-order valence-electron chi connectivity index (χ2n) is 8.78. The Balaban J connectivity index is 0.00000245. The maximum atomic E-state index is 13.5. The Morgan fingerprint density at radius 3 is 2.50 bits per heavy atom. The maximum absolute atomic E-state index is 13.5. The van der Waals surface area contributed by atoms with Crippen LogP contribution in [-0.4, -0.2) is 38.9 Å². The normalized spacial score (nSPS) is 21.0. The Bertz CT molecular complexity index is 1120. The first kappa shape index (κ1) is 22.9. The standard InChI is InChI=1S/C24H27N3O3S.H2S/c28-23(25-22(17-27-13-4-5-14-27)18-6-2-1-3-7-18)24(11-12-24)20-9-8-19-10-15-31(29,30)26-21(19)16-20;/h1-3,6-10,15-16,22,26H,4-5,11-14,17H2,(H,25,28);1H2/t22-;/m1./s1. The predicted octanol–water partition coefficient (Wildman–Crippen LogP) is 3.51. The molecule has 2 aromatic carbocycles. The molecule has 0 unspecified atom stereocenters. The van der Waals surface area contributed by atoms with Crippen LogP contribution >= 0.6 is 13.5 Å². The summed E-state index contributed by atoms with van der Waals surface area (Å²) >= 11 is 0. The number of fused-ring (bicyclic) bond motifs is 1. The van der Waals surface area contributed by atoms with Crippen molar-refractivity contribution in [1.82, 2.24) is 10.2 Å². The van der Waals surface area contributed by atoms with Crippen molar-refractivity contribution in [3.63, 3.8) is 0 Å². The fourth-order valence-electron chi connectivity index (χ4n) is 4.65. The maximum Gasteiger partial charge on any atom is 0.255 e. The topological polar surface area (TPSA) is 78.5 Å². The molecule has 2 heterocycles. The summed E-state index contributed by atoms with van der Waals surface area (Å²) in [5.41, 5.74) is 2.75. The van der Waals surface area contributed by atoms with Crippen LogP contribution in [0.2, 0.25) is 0 Å². The van der Waals surface area contributed by atoms with E-state index in [0.29, 0.717) is 5.69 Å². The van der Waals surface area contributed by atoms with Gasteiger partial charge in [0.25, 0.3) is 10.0 Å². The number of likely N-dealkylation sites (tertiary alicyclic amines) is 1. The van der Waals surface area contributed by atoms with Gasteiger partial charge in [0.15, 0.2) is 0 Å². The van der Waals surface area contributed by atoms with Gasteiger partial charge in [-0.05, 0) is 67.6 Å². The van der Waals surface area contributed by atoms with Crippen LogP contribution in [0.25, 0.3) is 6.08 Å². The van der Waals surface area contributed by atoms with E-state index in [1.165, 1.54) is 12.8 Å². The summed E-state index contributed by atoms with van der Waals surface area (Å²) in [5.74, 6) is 0.0229. The van der Waals surface area contributed by atoms with Crippen molar-refractivity contribution in [2.75, 3.05) is 24.4 Å². The number of benzene rings is 2. The molecule has 1 amide bonds. The minimum Gasteiger partial charge on any atom is -0.347 e. The van der Waals surface area contributed by atoms with Crippen molar-refractivity contribution in [3.05, 3.63) is 70.6 Å². The molecule has 8 heteroatoms. The van der Waals surface area contributed by atoms with Gasteiger partial charge in [-0.15, -0.1) is 0 Å². The van der Waals surface area contributed by atoms with Gasteiger partial charge < -0.3 is 10.2 Å². The van der Waals surface area contributed by atoms with Crippen LogP contribution in [0.15, 0.2) is 53.9 Å². The van der Waals surface area contributed by atoms with Gasteiger partial charge in [0.2, 0.25) is 5.91 Å². The summed E-state index contributed by atoms with van der Waals surface area (Å²) in [6, 6.07) is 15.7. The largest absolute Gasteiger partial charge is 0.347 e. The Hall–Kier alpha value is -2.29. The highest BCUT2D eigenvalue weighted by atomic mass is 32.2. The molecule has 1 saturated heterocycles. The molecule has 1 aliphatic carbocycles. The molecule has 2 N–H and O–H groups in total. The highest BCUT2D eigenvalue weighted by Gasteiger charge is 2.52. The van der Waals surface area contributed by atoms with E-state index in [2.05, 4.69) is 27.1 Å². The summed E-state index contributed by atoms with van der Waals surface area (Å²) in [7, 11) is -3.46. The number of sulfonamides is 1. The molecule has 2 aliphatic heterocycles. The third-order valence-electron chi connectivity index (χ3n) is 6.62. The summed E-state index contributed by atoms with van der Waals surface area (Å²) in [6.07, 6.45) is 5.54. The Labute approximate surface area is 196 Å². The van der Waals surface area contributed by atoms with Crippen LogP contribution in [0.5, 0.6) is 0 Å². The number of anilines is 1. The lowest BCUT2D eigenvalue weighted by molar-refractivity contribution is -0.124. The molecule has 32 heavy (non-hydrogen) atoms. The first-order valence-electron chi connectivity index (χ1n) is 10.9. The second-order valence-corrected chi connectivity index (χ2v) is 10.3. The molecule has 5 rings (SSSR count). The van der Waals surface area contributed by atoms with E-state index in [9.17, 15) is 13.2 Å². The van der Waals surface area contributed by atoms with Crippen LogP contribution in [0, 0.1) is 0 Å². The van der Waals surface area contributed by atoms with Crippen molar-refractivity contribution in [2.45, 2.75) is 37.1 Å². The van der Waals surface area contributed by atoms with Gasteiger partial charge >= 0.3 is 0 Å². The number of nitrogens with zero attached hydrogens (tertiary/aromatic N) is 1. The number of carbonyl (C=O) groups is 1. The minimum absolute atomic E-state index is 0. The first-order chi connectivity index (χ1) is 15.0. The summed E-state index contributed by atoms with van der Waals surface area (Å²) in [4.78, 5) is 15.9. The lowest BCUT2D eigenvalue weighted by Gasteiger charge is -2.27. The molecule has 0 radical (unpaired) electrons. The van der Waals surface area contributed by atoms with E-state index in [0.717, 1.165) is 54.6 Å². The molecule has 0 bridgehead atoms. The zero-order chi connectivity index (χ0) is 21.5. The van der Waals surface area contributed by atoms with Crippen molar-refractivity contribution in [2.24, 2.45) is 0 Å². The zero-order valence-electron chi connectivity index (χ0n) is 17.9. The van der Waals surface area contributed by atoms with Crippen molar-refractivity contribution < 1.29 is 13.2 Å². The van der Waals surface area contributed by atoms with Crippen molar-refractivity contribution in [3.8, 4) is 0 Å². The molecular weight excluding hydrogens is 442 g/mol. The van der Waals surface area contributed by atoms with Crippen molar-refractivity contribution >= 4 is 41.2 Å². The fraction of sp³-hybridized carbons (Fsp3) is 0.375. The molecular formula is C24H29N3O3S2. The monoisotopic (exact) mass is 471 g/mol. The molecule has 2 fully saturated rings. The average Bonchev–Trinajstić information content (AvgIpc) is 3.43. The molecule has 1 atom stereocenters. The third kappa shape index (κ3) is 4.58. The van der Waals surface area contributed by atoms with E-state index in [-0.39, 0.29) is 25.4 Å². The first-order valence-corrected chi connectivity index (χ1v) is 12.4. The molecule has 1 saturated carbocycles.